The van der Waals surface area contributed by atoms with Gasteiger partial charge in [0.2, 0.25) is 0 Å². The molecule has 1 aliphatic carbocycles. The van der Waals surface area contributed by atoms with Gasteiger partial charge in [0.05, 0.1) is 23.0 Å². The van der Waals surface area contributed by atoms with Gasteiger partial charge < -0.3 is 11.1 Å². The number of benzene rings is 1. The van der Waals surface area contributed by atoms with E-state index in [0.29, 0.717) is 17.7 Å². The first-order chi connectivity index (χ1) is 12.2. The normalized spacial score (nSPS) is 12.5. The van der Waals surface area contributed by atoms with Crippen molar-refractivity contribution >= 4 is 28.9 Å². The van der Waals surface area contributed by atoms with Crippen LogP contribution in [0.3, 0.4) is 0 Å². The Balaban J connectivity index is 1.75. The fraction of sp³-hybridized carbons (Fsp3) is 0.100. The number of carbonyl (C=O) groups is 1. The lowest BCUT2D eigenvalue weighted by molar-refractivity contribution is 0.100. The molecule has 5 nitrogen and oxygen atoms in total. The van der Waals surface area contributed by atoms with E-state index in [1.165, 1.54) is 17.3 Å². The van der Waals surface area contributed by atoms with Gasteiger partial charge in [-0.3, -0.25) is 4.79 Å². The number of amides is 1. The molecule has 2 heterocycles. The van der Waals surface area contributed by atoms with Crippen LogP contribution in [0.15, 0.2) is 48.3 Å². The summed E-state index contributed by atoms with van der Waals surface area (Å²) in [6, 6.07) is 9.90. The summed E-state index contributed by atoms with van der Waals surface area (Å²) in [5, 5.41) is 7.53. The molecule has 122 valence electrons. The van der Waals surface area contributed by atoms with Crippen LogP contribution in [-0.2, 0) is 6.42 Å². The second kappa shape index (κ2) is 5.84. The highest BCUT2D eigenvalue weighted by Gasteiger charge is 2.16. The summed E-state index contributed by atoms with van der Waals surface area (Å²) in [6.45, 7) is 0. The van der Waals surface area contributed by atoms with Crippen molar-refractivity contribution in [3.8, 4) is 12.3 Å². The number of aromatic nitrogens is 2. The summed E-state index contributed by atoms with van der Waals surface area (Å²) in [5.41, 5.74) is 11.8. The fourth-order valence-corrected chi connectivity index (χ4v) is 3.18. The Morgan fingerprint density at radius 3 is 3.08 bits per heavy atom. The molecule has 0 atom stereocenters. The molecule has 5 heteroatoms. The standard InChI is InChI=1S/C20H16N4O/c1-2-4-13-9-14-6-7-16(11-15(14)10-13)23-19-17(20(21)25)12-22-24-8-3-5-18(19)24/h1,3,5-8,10-12,23H,4,9H2,(H2,21,25). The molecule has 4 rings (SSSR count). The predicted octanol–water partition coefficient (Wildman–Crippen LogP) is 3.14. The van der Waals surface area contributed by atoms with Crippen molar-refractivity contribution in [3.05, 3.63) is 65.0 Å². The fourth-order valence-electron chi connectivity index (χ4n) is 3.18. The summed E-state index contributed by atoms with van der Waals surface area (Å²) < 4.78 is 1.70. The van der Waals surface area contributed by atoms with Crippen molar-refractivity contribution in [3.63, 3.8) is 0 Å². The number of hydrogen-bond acceptors (Lipinski definition) is 3. The Morgan fingerprint density at radius 2 is 2.28 bits per heavy atom. The number of hydrogen-bond donors (Lipinski definition) is 2. The van der Waals surface area contributed by atoms with Crippen LogP contribution in [0.2, 0.25) is 0 Å². The highest BCUT2D eigenvalue weighted by atomic mass is 16.1. The predicted molar refractivity (Wildman–Crippen MR) is 98.6 cm³/mol. The first kappa shape index (κ1) is 15.0. The zero-order valence-electron chi connectivity index (χ0n) is 13.5. The average Bonchev–Trinajstić information content (AvgIpc) is 3.20. The largest absolute Gasteiger partial charge is 0.365 e. The highest BCUT2D eigenvalue weighted by molar-refractivity contribution is 6.02. The third kappa shape index (κ3) is 2.64. The number of anilines is 2. The summed E-state index contributed by atoms with van der Waals surface area (Å²) in [7, 11) is 0. The molecular formula is C20H16N4O. The zero-order valence-corrected chi connectivity index (χ0v) is 13.5. The van der Waals surface area contributed by atoms with E-state index in [9.17, 15) is 4.79 Å². The lowest BCUT2D eigenvalue weighted by Gasteiger charge is -2.13. The summed E-state index contributed by atoms with van der Waals surface area (Å²) in [5.74, 6) is 2.17. The molecule has 0 aliphatic heterocycles. The van der Waals surface area contributed by atoms with Crippen molar-refractivity contribution < 1.29 is 4.79 Å². The van der Waals surface area contributed by atoms with E-state index in [1.807, 2.05) is 24.4 Å². The van der Waals surface area contributed by atoms with Crippen LogP contribution < -0.4 is 11.1 Å². The van der Waals surface area contributed by atoms with E-state index in [1.54, 1.807) is 4.52 Å². The first-order valence-electron chi connectivity index (χ1n) is 7.95. The number of terminal acetylenes is 1. The summed E-state index contributed by atoms with van der Waals surface area (Å²) >= 11 is 0. The first-order valence-corrected chi connectivity index (χ1v) is 7.95. The van der Waals surface area contributed by atoms with Crippen LogP contribution in [0.25, 0.3) is 11.6 Å². The third-order valence-corrected chi connectivity index (χ3v) is 4.35. The quantitative estimate of drug-likeness (QED) is 0.723. The molecule has 0 radical (unpaired) electrons. The molecular weight excluding hydrogens is 312 g/mol. The molecule has 0 fully saturated rings. The van der Waals surface area contributed by atoms with E-state index in [2.05, 4.69) is 34.5 Å². The number of nitrogens with one attached hydrogen (secondary N) is 1. The van der Waals surface area contributed by atoms with Crippen molar-refractivity contribution in [1.82, 2.24) is 9.61 Å². The van der Waals surface area contributed by atoms with Gasteiger partial charge in [-0.2, -0.15) is 5.10 Å². The third-order valence-electron chi connectivity index (χ3n) is 4.35. The average molecular weight is 328 g/mol. The van der Waals surface area contributed by atoms with Gasteiger partial charge in [-0.25, -0.2) is 4.52 Å². The molecule has 1 aliphatic rings. The van der Waals surface area contributed by atoms with Gasteiger partial charge in [0.15, 0.2) is 0 Å². The van der Waals surface area contributed by atoms with Crippen LogP contribution in [0.5, 0.6) is 0 Å². The van der Waals surface area contributed by atoms with E-state index in [-0.39, 0.29) is 0 Å². The van der Waals surface area contributed by atoms with E-state index < -0.39 is 5.91 Å². The maximum atomic E-state index is 11.8. The van der Waals surface area contributed by atoms with Gasteiger partial charge in [-0.15, -0.1) is 12.3 Å². The second-order valence-electron chi connectivity index (χ2n) is 6.03. The molecule has 1 amide bonds. The molecule has 0 saturated carbocycles. The molecule has 0 bridgehead atoms. The molecule has 0 saturated heterocycles. The van der Waals surface area contributed by atoms with Gasteiger partial charge in [-0.05, 0) is 41.8 Å². The summed E-state index contributed by atoms with van der Waals surface area (Å²) in [4.78, 5) is 11.8. The van der Waals surface area contributed by atoms with Crippen LogP contribution in [0.1, 0.15) is 27.9 Å². The molecule has 25 heavy (non-hydrogen) atoms. The maximum absolute atomic E-state index is 11.8. The number of fused-ring (bicyclic) bond motifs is 2. The van der Waals surface area contributed by atoms with E-state index in [0.717, 1.165) is 23.2 Å². The number of allylic oxidation sites excluding steroid dienone is 1. The Bertz CT molecular complexity index is 1070. The number of nitrogens with two attached hydrogens (primary N) is 1. The SMILES string of the molecule is C#CCC1=Cc2cc(Nc3c(C(N)=O)cnn4cccc34)ccc2C1. The molecule has 2 aromatic heterocycles. The van der Waals surface area contributed by atoms with Gasteiger partial charge in [0.1, 0.15) is 0 Å². The molecule has 0 unspecified atom stereocenters. The lowest BCUT2D eigenvalue weighted by atomic mass is 10.1. The van der Waals surface area contributed by atoms with Crippen molar-refractivity contribution in [1.29, 1.82) is 0 Å². The van der Waals surface area contributed by atoms with E-state index in [4.69, 9.17) is 12.2 Å². The van der Waals surface area contributed by atoms with Gasteiger partial charge in [0, 0.05) is 18.3 Å². The second-order valence-corrected chi connectivity index (χ2v) is 6.03. The monoisotopic (exact) mass is 328 g/mol. The van der Waals surface area contributed by atoms with Crippen molar-refractivity contribution in [2.45, 2.75) is 12.8 Å². The van der Waals surface area contributed by atoms with Crippen LogP contribution in [0.4, 0.5) is 11.4 Å². The highest BCUT2D eigenvalue weighted by Crippen LogP contribution is 2.31. The Hall–Kier alpha value is -3.52. The minimum Gasteiger partial charge on any atom is -0.365 e. The van der Waals surface area contributed by atoms with Gasteiger partial charge in [-0.1, -0.05) is 17.7 Å². The number of nitrogens with zero attached hydrogens (tertiary/aromatic N) is 2. The smallest absolute Gasteiger partial charge is 0.252 e. The molecule has 3 aromatic rings. The molecule has 3 N–H and O–H groups in total. The molecule has 1 aromatic carbocycles. The minimum absolute atomic E-state index is 0.357. The Labute approximate surface area is 145 Å². The van der Waals surface area contributed by atoms with Crippen molar-refractivity contribution in [2.75, 3.05) is 5.32 Å². The number of carbonyl (C=O) groups excluding carboxylic acids is 1. The van der Waals surface area contributed by atoms with Crippen molar-refractivity contribution in [2.24, 2.45) is 5.73 Å². The lowest BCUT2D eigenvalue weighted by Crippen LogP contribution is -2.15. The zero-order chi connectivity index (χ0) is 17.4. The van der Waals surface area contributed by atoms with E-state index >= 15 is 0 Å². The maximum Gasteiger partial charge on any atom is 0.252 e. The molecule has 0 spiro atoms. The van der Waals surface area contributed by atoms with Crippen LogP contribution >= 0.6 is 0 Å². The van der Waals surface area contributed by atoms with Gasteiger partial charge >= 0.3 is 0 Å². The van der Waals surface area contributed by atoms with Gasteiger partial charge in [0.25, 0.3) is 5.91 Å². The Morgan fingerprint density at radius 1 is 1.40 bits per heavy atom. The number of primary amides is 1. The summed E-state index contributed by atoms with van der Waals surface area (Å²) in [6.07, 6.45) is 12.4. The Kier molecular flexibility index (Phi) is 3.51. The van der Waals surface area contributed by atoms with Crippen LogP contribution in [0, 0.1) is 12.3 Å². The topological polar surface area (TPSA) is 72.4 Å². The minimum atomic E-state index is -0.518. The number of rotatable bonds is 4. The van der Waals surface area contributed by atoms with Crippen LogP contribution in [-0.4, -0.2) is 15.5 Å².